The van der Waals surface area contributed by atoms with E-state index in [9.17, 15) is 0 Å². The highest BCUT2D eigenvalue weighted by Gasteiger charge is 2.40. The van der Waals surface area contributed by atoms with Gasteiger partial charge in [0.25, 0.3) is 0 Å². The van der Waals surface area contributed by atoms with Gasteiger partial charge in [-0.2, -0.15) is 0 Å². The quantitative estimate of drug-likeness (QED) is 0.327. The zero-order valence-electron chi connectivity index (χ0n) is 18.9. The van der Waals surface area contributed by atoms with E-state index in [0.29, 0.717) is 17.6 Å². The first kappa shape index (κ1) is 22.0. The molecule has 2 saturated heterocycles. The van der Waals surface area contributed by atoms with Crippen molar-refractivity contribution in [2.75, 3.05) is 39.6 Å². The normalized spacial score (nSPS) is 37.4. The molecule has 2 heterocycles. The van der Waals surface area contributed by atoms with Gasteiger partial charge < -0.3 is 18.9 Å². The standard InChI is InChI=1S/C25H44O4/c1-25(2,21-7-3-19(4-8-21)11-13-26-15-23-17-28-23)22-9-5-20(6-10-22)12-14-27-16-24-18-29-24/h19-24H,3-18H2,1-2H3. The van der Waals surface area contributed by atoms with Gasteiger partial charge in [0.1, 0.15) is 12.2 Å². The molecule has 2 aliphatic carbocycles. The molecule has 4 heteroatoms. The molecule has 2 saturated carbocycles. The van der Waals surface area contributed by atoms with Crippen LogP contribution >= 0.6 is 0 Å². The maximum Gasteiger partial charge on any atom is 0.104 e. The lowest BCUT2D eigenvalue weighted by molar-refractivity contribution is 0.0272. The molecular formula is C25H44O4. The summed E-state index contributed by atoms with van der Waals surface area (Å²) in [5.41, 5.74) is 0.509. The Morgan fingerprint density at radius 1 is 0.655 bits per heavy atom. The highest BCUT2D eigenvalue weighted by Crippen LogP contribution is 2.50. The van der Waals surface area contributed by atoms with Crippen molar-refractivity contribution < 1.29 is 18.9 Å². The molecule has 29 heavy (non-hydrogen) atoms. The van der Waals surface area contributed by atoms with Crippen LogP contribution < -0.4 is 0 Å². The summed E-state index contributed by atoms with van der Waals surface area (Å²) in [6, 6.07) is 0. The molecule has 0 spiro atoms. The van der Waals surface area contributed by atoms with E-state index in [0.717, 1.165) is 63.3 Å². The maximum atomic E-state index is 5.77. The average molecular weight is 409 g/mol. The lowest BCUT2D eigenvalue weighted by atomic mass is 9.59. The zero-order chi connectivity index (χ0) is 20.1. The van der Waals surface area contributed by atoms with Gasteiger partial charge >= 0.3 is 0 Å². The van der Waals surface area contributed by atoms with Crippen molar-refractivity contribution in [2.45, 2.75) is 90.3 Å². The fraction of sp³-hybridized carbons (Fsp3) is 1.00. The second kappa shape index (κ2) is 10.4. The van der Waals surface area contributed by atoms with Gasteiger partial charge in [0.05, 0.1) is 26.4 Å². The topological polar surface area (TPSA) is 43.5 Å². The number of hydrogen-bond donors (Lipinski definition) is 0. The summed E-state index contributed by atoms with van der Waals surface area (Å²) < 4.78 is 22.0. The van der Waals surface area contributed by atoms with Crippen LogP contribution in [0.3, 0.4) is 0 Å². The molecule has 2 aliphatic heterocycles. The predicted molar refractivity (Wildman–Crippen MR) is 115 cm³/mol. The zero-order valence-corrected chi connectivity index (χ0v) is 18.9. The van der Waals surface area contributed by atoms with Crippen LogP contribution in [-0.4, -0.2) is 51.8 Å². The number of epoxide rings is 2. The van der Waals surface area contributed by atoms with Gasteiger partial charge in [0.15, 0.2) is 0 Å². The van der Waals surface area contributed by atoms with Crippen molar-refractivity contribution in [2.24, 2.45) is 29.1 Å². The molecular weight excluding hydrogens is 364 g/mol. The summed E-state index contributed by atoms with van der Waals surface area (Å²) in [5, 5.41) is 0. The Bertz CT molecular complexity index is 427. The second-order valence-corrected chi connectivity index (χ2v) is 10.9. The fourth-order valence-corrected chi connectivity index (χ4v) is 5.98. The third kappa shape index (κ3) is 6.92. The summed E-state index contributed by atoms with van der Waals surface area (Å²) in [6.45, 7) is 10.5. The van der Waals surface area contributed by atoms with Crippen LogP contribution in [-0.2, 0) is 18.9 Å². The van der Waals surface area contributed by atoms with E-state index < -0.39 is 0 Å². The summed E-state index contributed by atoms with van der Waals surface area (Å²) in [6.07, 6.45) is 14.7. The van der Waals surface area contributed by atoms with Gasteiger partial charge in [-0.25, -0.2) is 0 Å². The van der Waals surface area contributed by atoms with E-state index in [1.54, 1.807) is 0 Å². The first-order valence-electron chi connectivity index (χ1n) is 12.5. The van der Waals surface area contributed by atoms with Crippen molar-refractivity contribution in [1.29, 1.82) is 0 Å². The highest BCUT2D eigenvalue weighted by atomic mass is 16.6. The van der Waals surface area contributed by atoms with Crippen molar-refractivity contribution in [3.8, 4) is 0 Å². The largest absolute Gasteiger partial charge is 0.379 e. The second-order valence-electron chi connectivity index (χ2n) is 10.9. The molecule has 168 valence electrons. The average Bonchev–Trinajstić information content (AvgIpc) is 3.65. The smallest absolute Gasteiger partial charge is 0.104 e. The monoisotopic (exact) mass is 408 g/mol. The van der Waals surface area contributed by atoms with Crippen LogP contribution in [0.1, 0.15) is 78.1 Å². The van der Waals surface area contributed by atoms with E-state index in [4.69, 9.17) is 18.9 Å². The molecule has 4 fully saturated rings. The Balaban J connectivity index is 1.09. The Morgan fingerprint density at radius 2 is 1.03 bits per heavy atom. The molecule has 4 nitrogen and oxygen atoms in total. The lowest BCUT2D eigenvalue weighted by Gasteiger charge is -2.47. The Labute approximate surface area is 178 Å². The molecule has 0 N–H and O–H groups in total. The van der Waals surface area contributed by atoms with E-state index in [1.807, 2.05) is 0 Å². The lowest BCUT2D eigenvalue weighted by Crippen LogP contribution is -2.37. The van der Waals surface area contributed by atoms with Gasteiger partial charge in [0.2, 0.25) is 0 Å². The Morgan fingerprint density at radius 3 is 1.38 bits per heavy atom. The molecule has 2 atom stereocenters. The van der Waals surface area contributed by atoms with E-state index in [-0.39, 0.29) is 0 Å². The van der Waals surface area contributed by atoms with E-state index in [2.05, 4.69) is 13.8 Å². The van der Waals surface area contributed by atoms with Gasteiger partial charge in [-0.3, -0.25) is 0 Å². The number of ether oxygens (including phenoxy) is 4. The molecule has 0 aromatic heterocycles. The minimum atomic E-state index is 0.409. The molecule has 0 amide bonds. The first-order valence-corrected chi connectivity index (χ1v) is 12.5. The van der Waals surface area contributed by atoms with E-state index >= 15 is 0 Å². The summed E-state index contributed by atoms with van der Waals surface area (Å²) in [4.78, 5) is 0. The minimum absolute atomic E-state index is 0.409. The molecule has 4 rings (SSSR count). The molecule has 0 radical (unpaired) electrons. The molecule has 0 bridgehead atoms. The van der Waals surface area contributed by atoms with Crippen LogP contribution in [0.4, 0.5) is 0 Å². The Hall–Kier alpha value is -0.160. The highest BCUT2D eigenvalue weighted by molar-refractivity contribution is 4.90. The van der Waals surface area contributed by atoms with Crippen LogP contribution in [0, 0.1) is 29.1 Å². The third-order valence-corrected chi connectivity index (χ3v) is 8.55. The van der Waals surface area contributed by atoms with E-state index in [1.165, 1.54) is 64.2 Å². The SMILES string of the molecule is CC(C)(C1CCC(CCOCC2CO2)CC1)C1CCC(CCOCC2CO2)CC1. The molecule has 0 aromatic rings. The first-order chi connectivity index (χ1) is 14.1. The van der Waals surface area contributed by atoms with Crippen LogP contribution in [0.25, 0.3) is 0 Å². The summed E-state index contributed by atoms with van der Waals surface area (Å²) in [5.74, 6) is 3.61. The number of hydrogen-bond acceptors (Lipinski definition) is 4. The molecule has 4 aliphatic rings. The van der Waals surface area contributed by atoms with Gasteiger partial charge in [-0.15, -0.1) is 0 Å². The number of rotatable bonds is 12. The molecule has 2 unspecified atom stereocenters. The van der Waals surface area contributed by atoms with Crippen molar-refractivity contribution in [3.63, 3.8) is 0 Å². The van der Waals surface area contributed by atoms with Gasteiger partial charge in [-0.05, 0) is 67.6 Å². The maximum absolute atomic E-state index is 5.77. The van der Waals surface area contributed by atoms with Crippen molar-refractivity contribution in [1.82, 2.24) is 0 Å². The minimum Gasteiger partial charge on any atom is -0.379 e. The van der Waals surface area contributed by atoms with Crippen molar-refractivity contribution >= 4 is 0 Å². The van der Waals surface area contributed by atoms with Gasteiger partial charge in [-0.1, -0.05) is 39.5 Å². The third-order valence-electron chi connectivity index (χ3n) is 8.55. The Kier molecular flexibility index (Phi) is 7.93. The summed E-state index contributed by atoms with van der Waals surface area (Å²) >= 11 is 0. The predicted octanol–water partition coefficient (Wildman–Crippen LogP) is 5.24. The molecule has 0 aromatic carbocycles. The van der Waals surface area contributed by atoms with Crippen molar-refractivity contribution in [3.05, 3.63) is 0 Å². The van der Waals surface area contributed by atoms with Crippen LogP contribution in [0.2, 0.25) is 0 Å². The summed E-state index contributed by atoms with van der Waals surface area (Å²) in [7, 11) is 0. The van der Waals surface area contributed by atoms with Crippen LogP contribution in [0.15, 0.2) is 0 Å². The fourth-order valence-electron chi connectivity index (χ4n) is 5.98. The van der Waals surface area contributed by atoms with Gasteiger partial charge in [0, 0.05) is 13.2 Å². The van der Waals surface area contributed by atoms with Crippen LogP contribution in [0.5, 0.6) is 0 Å².